The minimum absolute atomic E-state index is 0.205. The Hall–Kier alpha value is -1.49. The molecule has 124 valence electrons. The number of unbranched alkanes of at least 4 members (excludes halogenated alkanes) is 1. The minimum Gasteiger partial charge on any atom is -0.410 e. The van der Waals surface area contributed by atoms with E-state index in [2.05, 4.69) is 0 Å². The standard InChI is InChI=1S/C17H19Cl2NO3/c18-10-5-4-8-16-14(12-21)15(19)9-11-20(16)17(22)23-13-6-2-1-3-7-13/h1-3,6-7,9,11,16,21H,4-5,8,10,12H2. The number of carbonyl (C=O) groups is 1. The van der Waals surface area contributed by atoms with Crippen LogP contribution in [0.15, 0.2) is 53.2 Å². The predicted molar refractivity (Wildman–Crippen MR) is 91.8 cm³/mol. The summed E-state index contributed by atoms with van der Waals surface area (Å²) in [6.45, 7) is -0.205. The van der Waals surface area contributed by atoms with Gasteiger partial charge in [0.1, 0.15) is 5.75 Å². The average molecular weight is 356 g/mol. The molecule has 0 aromatic heterocycles. The highest BCUT2D eigenvalue weighted by Gasteiger charge is 2.30. The lowest BCUT2D eigenvalue weighted by atomic mass is 9.98. The van der Waals surface area contributed by atoms with Crippen molar-refractivity contribution in [3.8, 4) is 5.75 Å². The molecule has 1 aliphatic rings. The number of rotatable bonds is 6. The number of halogens is 2. The molecule has 0 aliphatic carbocycles. The highest BCUT2D eigenvalue weighted by Crippen LogP contribution is 2.28. The molecular formula is C17H19Cl2NO3. The molecule has 1 aliphatic heterocycles. The maximum atomic E-state index is 12.5. The van der Waals surface area contributed by atoms with Crippen molar-refractivity contribution >= 4 is 29.3 Å². The lowest BCUT2D eigenvalue weighted by Crippen LogP contribution is -2.41. The summed E-state index contributed by atoms with van der Waals surface area (Å²) < 4.78 is 5.38. The fourth-order valence-corrected chi connectivity index (χ4v) is 2.87. The summed E-state index contributed by atoms with van der Waals surface area (Å²) in [6.07, 6.45) is 5.01. The van der Waals surface area contributed by atoms with Gasteiger partial charge in [0.2, 0.25) is 0 Å². The van der Waals surface area contributed by atoms with Crippen LogP contribution in [0.3, 0.4) is 0 Å². The van der Waals surface area contributed by atoms with Gasteiger partial charge in [0.05, 0.1) is 12.6 Å². The molecule has 23 heavy (non-hydrogen) atoms. The fraction of sp³-hybridized carbons (Fsp3) is 0.353. The third-order valence-corrected chi connectivity index (χ3v) is 4.25. The molecule has 0 fully saturated rings. The number of nitrogens with zero attached hydrogens (tertiary/aromatic N) is 1. The van der Waals surface area contributed by atoms with Crippen molar-refractivity contribution in [2.75, 3.05) is 12.5 Å². The largest absolute Gasteiger partial charge is 0.419 e. The third kappa shape index (κ3) is 4.74. The molecule has 4 nitrogen and oxygen atoms in total. The maximum Gasteiger partial charge on any atom is 0.419 e. The monoisotopic (exact) mass is 355 g/mol. The normalized spacial score (nSPS) is 17.5. The van der Waals surface area contributed by atoms with Crippen LogP contribution < -0.4 is 4.74 Å². The van der Waals surface area contributed by atoms with Crippen LogP contribution in [-0.2, 0) is 0 Å². The van der Waals surface area contributed by atoms with E-state index in [9.17, 15) is 9.90 Å². The Kier molecular flexibility index (Phi) is 6.96. The molecule has 0 saturated heterocycles. The number of amides is 1. The minimum atomic E-state index is -0.501. The molecule has 0 radical (unpaired) electrons. The van der Waals surface area contributed by atoms with Crippen LogP contribution in [0.4, 0.5) is 4.79 Å². The number of carbonyl (C=O) groups excluding carboxylic acids is 1. The van der Waals surface area contributed by atoms with Crippen molar-refractivity contribution in [1.29, 1.82) is 0 Å². The van der Waals surface area contributed by atoms with Gasteiger partial charge in [-0.05, 0) is 43.0 Å². The van der Waals surface area contributed by atoms with Gasteiger partial charge in [0, 0.05) is 17.1 Å². The van der Waals surface area contributed by atoms with E-state index in [1.807, 2.05) is 6.07 Å². The van der Waals surface area contributed by atoms with E-state index < -0.39 is 6.09 Å². The van der Waals surface area contributed by atoms with E-state index in [-0.39, 0.29) is 12.6 Å². The van der Waals surface area contributed by atoms with Crippen LogP contribution in [0.5, 0.6) is 5.75 Å². The first-order chi connectivity index (χ1) is 11.2. The second-order valence-electron chi connectivity index (χ2n) is 5.14. The Morgan fingerprint density at radius 3 is 2.65 bits per heavy atom. The molecule has 6 heteroatoms. The lowest BCUT2D eigenvalue weighted by molar-refractivity contribution is 0.153. The summed E-state index contributed by atoms with van der Waals surface area (Å²) in [5, 5.41) is 10.1. The molecule has 1 aromatic rings. The van der Waals surface area contributed by atoms with Crippen LogP contribution >= 0.6 is 23.2 Å². The smallest absolute Gasteiger partial charge is 0.410 e. The van der Waals surface area contributed by atoms with Crippen molar-refractivity contribution in [3.05, 3.63) is 53.2 Å². The molecule has 1 aromatic carbocycles. The van der Waals surface area contributed by atoms with E-state index >= 15 is 0 Å². The summed E-state index contributed by atoms with van der Waals surface area (Å²) in [5.41, 5.74) is 0.619. The topological polar surface area (TPSA) is 49.8 Å². The Morgan fingerprint density at radius 1 is 1.26 bits per heavy atom. The number of hydrogen-bond acceptors (Lipinski definition) is 3. The first-order valence-corrected chi connectivity index (χ1v) is 8.37. The fourth-order valence-electron chi connectivity index (χ4n) is 2.44. The van der Waals surface area contributed by atoms with Gasteiger partial charge >= 0.3 is 6.09 Å². The summed E-state index contributed by atoms with van der Waals surface area (Å²) in [5.74, 6) is 1.03. The molecule has 0 saturated carbocycles. The number of hydrogen-bond donors (Lipinski definition) is 1. The van der Waals surface area contributed by atoms with Crippen LogP contribution in [0.2, 0.25) is 0 Å². The van der Waals surface area contributed by atoms with Gasteiger partial charge in [-0.2, -0.15) is 0 Å². The van der Waals surface area contributed by atoms with Crippen LogP contribution in [0.25, 0.3) is 0 Å². The van der Waals surface area contributed by atoms with Gasteiger partial charge < -0.3 is 9.84 Å². The Labute approximate surface area is 145 Å². The van der Waals surface area contributed by atoms with E-state index in [1.165, 1.54) is 4.90 Å². The van der Waals surface area contributed by atoms with Gasteiger partial charge in [-0.15, -0.1) is 11.6 Å². The maximum absolute atomic E-state index is 12.5. The van der Waals surface area contributed by atoms with Crippen molar-refractivity contribution < 1.29 is 14.6 Å². The SMILES string of the molecule is O=C(Oc1ccccc1)N1C=CC(Cl)=C(CO)C1CCCCCl. The quantitative estimate of drug-likeness (QED) is 0.612. The number of ether oxygens (including phenoxy) is 1. The lowest BCUT2D eigenvalue weighted by Gasteiger charge is -2.32. The van der Waals surface area contributed by atoms with Crippen LogP contribution in [0.1, 0.15) is 19.3 Å². The van der Waals surface area contributed by atoms with Crippen molar-refractivity contribution in [2.24, 2.45) is 0 Å². The molecule has 1 amide bonds. The number of allylic oxidation sites excluding steroid dienone is 2. The Bertz CT molecular complexity index is 587. The Balaban J connectivity index is 2.14. The van der Waals surface area contributed by atoms with Gasteiger partial charge in [0.15, 0.2) is 0 Å². The average Bonchev–Trinajstić information content (AvgIpc) is 2.56. The number of benzene rings is 1. The number of aliphatic hydroxyl groups excluding tert-OH is 1. The molecule has 2 rings (SSSR count). The molecule has 0 bridgehead atoms. The zero-order chi connectivity index (χ0) is 16.7. The van der Waals surface area contributed by atoms with Crippen molar-refractivity contribution in [3.63, 3.8) is 0 Å². The summed E-state index contributed by atoms with van der Waals surface area (Å²) in [4.78, 5) is 13.9. The summed E-state index contributed by atoms with van der Waals surface area (Å²) >= 11 is 11.9. The second-order valence-corrected chi connectivity index (χ2v) is 5.92. The number of para-hydroxylation sites is 1. The molecule has 1 N–H and O–H groups in total. The predicted octanol–water partition coefficient (Wildman–Crippen LogP) is 4.28. The number of alkyl halides is 1. The molecule has 1 atom stereocenters. The van der Waals surface area contributed by atoms with Crippen LogP contribution in [0, 0.1) is 0 Å². The highest BCUT2D eigenvalue weighted by atomic mass is 35.5. The zero-order valence-electron chi connectivity index (χ0n) is 12.6. The van der Waals surface area contributed by atoms with E-state index in [0.717, 1.165) is 12.8 Å². The second kappa shape index (κ2) is 8.96. The van der Waals surface area contributed by atoms with Crippen LogP contribution in [-0.4, -0.2) is 34.6 Å². The van der Waals surface area contributed by atoms with E-state index in [0.29, 0.717) is 28.7 Å². The van der Waals surface area contributed by atoms with Crippen molar-refractivity contribution in [1.82, 2.24) is 4.90 Å². The summed E-state index contributed by atoms with van der Waals surface area (Å²) in [6, 6.07) is 8.54. The summed E-state index contributed by atoms with van der Waals surface area (Å²) in [7, 11) is 0. The van der Waals surface area contributed by atoms with Gasteiger partial charge in [-0.1, -0.05) is 29.8 Å². The Morgan fingerprint density at radius 2 is 2.00 bits per heavy atom. The molecule has 1 heterocycles. The van der Waals surface area contributed by atoms with Gasteiger partial charge in [-0.25, -0.2) is 4.79 Å². The van der Waals surface area contributed by atoms with Gasteiger partial charge in [0.25, 0.3) is 0 Å². The molecule has 1 unspecified atom stereocenters. The highest BCUT2D eigenvalue weighted by molar-refractivity contribution is 6.31. The first-order valence-electron chi connectivity index (χ1n) is 7.46. The molecular weight excluding hydrogens is 337 g/mol. The first kappa shape index (κ1) is 17.9. The van der Waals surface area contributed by atoms with Gasteiger partial charge in [-0.3, -0.25) is 4.90 Å². The number of aliphatic hydroxyl groups is 1. The third-order valence-electron chi connectivity index (χ3n) is 3.62. The van der Waals surface area contributed by atoms with E-state index in [4.69, 9.17) is 27.9 Å². The van der Waals surface area contributed by atoms with Crippen molar-refractivity contribution in [2.45, 2.75) is 25.3 Å². The van der Waals surface area contributed by atoms with E-state index in [1.54, 1.807) is 36.5 Å². The zero-order valence-corrected chi connectivity index (χ0v) is 14.1. The molecule has 0 spiro atoms.